The highest BCUT2D eigenvalue weighted by atomic mass is 16.5. The Balaban J connectivity index is 1.67. The summed E-state index contributed by atoms with van der Waals surface area (Å²) in [7, 11) is 2.44. The summed E-state index contributed by atoms with van der Waals surface area (Å²) in [4.78, 5) is 50.6. The summed E-state index contributed by atoms with van der Waals surface area (Å²) in [6.45, 7) is 0.856. The van der Waals surface area contributed by atoms with Crippen LogP contribution in [0.2, 0.25) is 0 Å². The highest BCUT2D eigenvalue weighted by Gasteiger charge is 2.34. The molecule has 2 aromatic carbocycles. The van der Waals surface area contributed by atoms with Crippen molar-refractivity contribution in [1.29, 1.82) is 0 Å². The normalized spacial score (nSPS) is 15.5. The van der Waals surface area contributed by atoms with Gasteiger partial charge in [0.15, 0.2) is 0 Å². The van der Waals surface area contributed by atoms with E-state index in [4.69, 9.17) is 9.47 Å². The molecule has 1 heterocycles. The zero-order valence-corrected chi connectivity index (χ0v) is 17.4. The van der Waals surface area contributed by atoms with Crippen molar-refractivity contribution in [3.8, 4) is 0 Å². The molecule has 1 N–H and O–H groups in total. The van der Waals surface area contributed by atoms with E-state index in [9.17, 15) is 19.2 Å². The number of hydrogen-bond acceptors (Lipinski definition) is 6. The van der Waals surface area contributed by atoms with Crippen molar-refractivity contribution < 1.29 is 28.7 Å². The van der Waals surface area contributed by atoms with E-state index in [0.29, 0.717) is 19.5 Å². The fourth-order valence-electron chi connectivity index (χ4n) is 3.49. The number of benzene rings is 2. The molecule has 1 aliphatic heterocycles. The second kappa shape index (κ2) is 9.88. The molecule has 0 unspecified atom stereocenters. The van der Waals surface area contributed by atoms with E-state index in [2.05, 4.69) is 5.32 Å². The van der Waals surface area contributed by atoms with Gasteiger partial charge in [0.05, 0.1) is 31.3 Å². The zero-order valence-electron chi connectivity index (χ0n) is 17.4. The molecule has 0 aliphatic carbocycles. The van der Waals surface area contributed by atoms with Crippen molar-refractivity contribution in [2.45, 2.75) is 12.8 Å². The summed E-state index contributed by atoms with van der Waals surface area (Å²) in [5, 5.41) is 2.70. The number of carbonyl (C=O) groups is 4. The van der Waals surface area contributed by atoms with Crippen molar-refractivity contribution in [2.75, 3.05) is 32.6 Å². The molecule has 0 bridgehead atoms. The Hall–Kier alpha value is -3.68. The molecule has 31 heavy (non-hydrogen) atoms. The third-order valence-corrected chi connectivity index (χ3v) is 5.14. The number of nitrogens with one attached hydrogen (secondary N) is 1. The Kier molecular flexibility index (Phi) is 7.02. The van der Waals surface area contributed by atoms with E-state index in [-0.39, 0.29) is 35.0 Å². The molecule has 0 spiro atoms. The topological polar surface area (TPSA) is 102 Å². The smallest absolute Gasteiger partial charge is 0.337 e. The summed E-state index contributed by atoms with van der Waals surface area (Å²) in [5.41, 5.74) is 1.59. The predicted octanol–water partition coefficient (Wildman–Crippen LogP) is 2.29. The third-order valence-electron chi connectivity index (χ3n) is 5.14. The van der Waals surface area contributed by atoms with Gasteiger partial charge >= 0.3 is 11.9 Å². The van der Waals surface area contributed by atoms with Crippen molar-refractivity contribution in [3.63, 3.8) is 0 Å². The van der Waals surface area contributed by atoms with Crippen LogP contribution in [0.15, 0.2) is 48.5 Å². The lowest BCUT2D eigenvalue weighted by molar-refractivity contribution is -0.128. The fourth-order valence-corrected chi connectivity index (χ4v) is 3.49. The van der Waals surface area contributed by atoms with Gasteiger partial charge in [0.25, 0.3) is 0 Å². The molecule has 0 aromatic heterocycles. The van der Waals surface area contributed by atoms with E-state index in [1.807, 2.05) is 30.3 Å². The Morgan fingerprint density at radius 3 is 2.19 bits per heavy atom. The van der Waals surface area contributed by atoms with Gasteiger partial charge in [-0.2, -0.15) is 0 Å². The molecule has 1 fully saturated rings. The van der Waals surface area contributed by atoms with E-state index in [1.54, 1.807) is 4.90 Å². The number of rotatable bonds is 7. The summed E-state index contributed by atoms with van der Waals surface area (Å²) in [6, 6.07) is 14.0. The van der Waals surface area contributed by atoms with Gasteiger partial charge in [-0.05, 0) is 30.2 Å². The largest absolute Gasteiger partial charge is 0.465 e. The Morgan fingerprint density at radius 1 is 1.00 bits per heavy atom. The Bertz CT molecular complexity index is 955. The predicted molar refractivity (Wildman–Crippen MR) is 113 cm³/mol. The molecule has 0 radical (unpaired) electrons. The van der Waals surface area contributed by atoms with E-state index >= 15 is 0 Å². The van der Waals surface area contributed by atoms with Gasteiger partial charge in [0.2, 0.25) is 11.8 Å². The maximum absolute atomic E-state index is 12.8. The number of methoxy groups -OCH3 is 2. The van der Waals surface area contributed by atoms with E-state index < -0.39 is 17.9 Å². The number of ether oxygens (including phenoxy) is 2. The van der Waals surface area contributed by atoms with Crippen molar-refractivity contribution in [3.05, 3.63) is 65.2 Å². The van der Waals surface area contributed by atoms with E-state index in [1.165, 1.54) is 32.4 Å². The second-order valence-electron chi connectivity index (χ2n) is 7.25. The number of esters is 2. The average Bonchev–Trinajstić information content (AvgIpc) is 3.17. The van der Waals surface area contributed by atoms with Crippen molar-refractivity contribution in [1.82, 2.24) is 4.90 Å². The first-order valence-electron chi connectivity index (χ1n) is 9.85. The standard InChI is InChI=1S/C23H24N2O6/c1-30-22(28)16-10-17(23(29)31-2)12-19(11-16)24-21(27)18-13-20(26)25(14-18)9-8-15-6-4-3-5-7-15/h3-7,10-12,18H,8-9,13-14H2,1-2H3,(H,24,27)/t18-/m0/s1. The summed E-state index contributed by atoms with van der Waals surface area (Å²) >= 11 is 0. The Labute approximate surface area is 180 Å². The molecule has 8 nitrogen and oxygen atoms in total. The number of nitrogens with zero attached hydrogens (tertiary/aromatic N) is 1. The number of anilines is 1. The summed E-state index contributed by atoms with van der Waals surface area (Å²) in [5.74, 6) is -2.25. The highest BCUT2D eigenvalue weighted by molar-refractivity contribution is 6.01. The van der Waals surface area contributed by atoms with Crippen LogP contribution in [0.25, 0.3) is 0 Å². The molecule has 1 saturated heterocycles. The molecule has 8 heteroatoms. The van der Waals surface area contributed by atoms with Gasteiger partial charge in [0, 0.05) is 25.2 Å². The molecular formula is C23H24N2O6. The zero-order chi connectivity index (χ0) is 22.4. The quantitative estimate of drug-likeness (QED) is 0.685. The van der Waals surface area contributed by atoms with Crippen LogP contribution in [0.5, 0.6) is 0 Å². The van der Waals surface area contributed by atoms with Crippen LogP contribution in [0.4, 0.5) is 5.69 Å². The van der Waals surface area contributed by atoms with Gasteiger partial charge in [-0.3, -0.25) is 9.59 Å². The maximum Gasteiger partial charge on any atom is 0.337 e. The molecular weight excluding hydrogens is 400 g/mol. The maximum atomic E-state index is 12.8. The number of amides is 2. The lowest BCUT2D eigenvalue weighted by atomic mass is 10.1. The third kappa shape index (κ3) is 5.48. The molecule has 0 saturated carbocycles. The molecule has 162 valence electrons. The van der Waals surface area contributed by atoms with E-state index in [0.717, 1.165) is 5.56 Å². The van der Waals surface area contributed by atoms with Crippen LogP contribution in [-0.2, 0) is 25.5 Å². The van der Waals surface area contributed by atoms with Crippen molar-refractivity contribution in [2.24, 2.45) is 5.92 Å². The van der Waals surface area contributed by atoms with Gasteiger partial charge in [-0.1, -0.05) is 30.3 Å². The molecule has 1 aliphatic rings. The lowest BCUT2D eigenvalue weighted by Crippen LogP contribution is -2.30. The number of hydrogen-bond donors (Lipinski definition) is 1. The monoisotopic (exact) mass is 424 g/mol. The first kappa shape index (κ1) is 22.0. The lowest BCUT2D eigenvalue weighted by Gasteiger charge is -2.17. The van der Waals surface area contributed by atoms with Crippen LogP contribution in [0.3, 0.4) is 0 Å². The van der Waals surface area contributed by atoms with Crippen molar-refractivity contribution >= 4 is 29.4 Å². The second-order valence-corrected chi connectivity index (χ2v) is 7.25. The first-order valence-corrected chi connectivity index (χ1v) is 9.85. The minimum atomic E-state index is -0.649. The molecule has 3 rings (SSSR count). The minimum absolute atomic E-state index is 0.0744. The van der Waals surface area contributed by atoms with Crippen LogP contribution in [-0.4, -0.2) is 56.0 Å². The van der Waals surface area contributed by atoms with Crippen LogP contribution >= 0.6 is 0 Å². The number of likely N-dealkylation sites (tertiary alicyclic amines) is 1. The van der Waals surface area contributed by atoms with Crippen LogP contribution in [0.1, 0.15) is 32.7 Å². The van der Waals surface area contributed by atoms with Crippen LogP contribution in [0, 0.1) is 5.92 Å². The Morgan fingerprint density at radius 2 is 1.61 bits per heavy atom. The molecule has 1 atom stereocenters. The molecule has 2 amide bonds. The van der Waals surface area contributed by atoms with Gasteiger partial charge < -0.3 is 19.7 Å². The minimum Gasteiger partial charge on any atom is -0.465 e. The SMILES string of the molecule is COC(=O)c1cc(NC(=O)[C@H]2CC(=O)N(CCc3ccccc3)C2)cc(C(=O)OC)c1. The molecule has 2 aromatic rings. The average molecular weight is 424 g/mol. The summed E-state index contributed by atoms with van der Waals surface area (Å²) in [6.07, 6.45) is 0.825. The number of carbonyl (C=O) groups excluding carboxylic acids is 4. The van der Waals surface area contributed by atoms with Gasteiger partial charge in [-0.25, -0.2) is 9.59 Å². The first-order chi connectivity index (χ1) is 14.9. The highest BCUT2D eigenvalue weighted by Crippen LogP contribution is 2.22. The van der Waals surface area contributed by atoms with Gasteiger partial charge in [-0.15, -0.1) is 0 Å². The summed E-state index contributed by atoms with van der Waals surface area (Å²) < 4.78 is 9.40. The van der Waals surface area contributed by atoms with Gasteiger partial charge in [0.1, 0.15) is 0 Å². The fraction of sp³-hybridized carbons (Fsp3) is 0.304. The van der Waals surface area contributed by atoms with Crippen LogP contribution < -0.4 is 5.32 Å².